The molecule has 0 aliphatic carbocycles. The highest BCUT2D eigenvalue weighted by molar-refractivity contribution is 5.33. The number of ether oxygens (including phenoxy) is 1. The van der Waals surface area contributed by atoms with Crippen LogP contribution < -0.4 is 10.1 Å². The van der Waals surface area contributed by atoms with Crippen LogP contribution in [0.4, 0.5) is 0 Å². The third-order valence-electron chi connectivity index (χ3n) is 3.54. The molecule has 3 heteroatoms. The second-order valence-corrected chi connectivity index (χ2v) is 4.93. The molecule has 0 aromatic heterocycles. The molecule has 1 unspecified atom stereocenters. The summed E-state index contributed by atoms with van der Waals surface area (Å²) >= 11 is 0. The molecule has 1 aliphatic rings. The first kappa shape index (κ1) is 13.4. The molecule has 1 fully saturated rings. The van der Waals surface area contributed by atoms with E-state index in [0.717, 1.165) is 43.3 Å². The van der Waals surface area contributed by atoms with Crippen LogP contribution in [0.1, 0.15) is 24.8 Å². The van der Waals surface area contributed by atoms with E-state index < -0.39 is 0 Å². The van der Waals surface area contributed by atoms with E-state index in [2.05, 4.69) is 5.32 Å². The molecular weight excluding hydrogens is 226 g/mol. The number of hydrogen-bond donors (Lipinski definition) is 2. The standard InChI is InChI=1S/C15H23NO2/c17-10-7-14-5-1-2-6-15(14)18-11-8-13-4-3-9-16-12-13/h1-2,5-6,13,16-17H,3-4,7-12H2. The molecule has 0 bridgehead atoms. The summed E-state index contributed by atoms with van der Waals surface area (Å²) in [5.41, 5.74) is 1.10. The van der Waals surface area contributed by atoms with Gasteiger partial charge in [0, 0.05) is 6.61 Å². The minimum Gasteiger partial charge on any atom is -0.493 e. The molecule has 1 saturated heterocycles. The Morgan fingerprint density at radius 1 is 1.33 bits per heavy atom. The minimum atomic E-state index is 0.174. The lowest BCUT2D eigenvalue weighted by Gasteiger charge is -2.22. The zero-order valence-corrected chi connectivity index (χ0v) is 10.9. The van der Waals surface area contributed by atoms with Crippen LogP contribution in [0.25, 0.3) is 0 Å². The molecule has 18 heavy (non-hydrogen) atoms. The Labute approximate surface area is 109 Å². The number of aliphatic hydroxyl groups excluding tert-OH is 1. The lowest BCUT2D eigenvalue weighted by Crippen LogP contribution is -2.30. The zero-order chi connectivity index (χ0) is 12.6. The van der Waals surface area contributed by atoms with Gasteiger partial charge in [-0.05, 0) is 56.3 Å². The minimum absolute atomic E-state index is 0.174. The Kier molecular flexibility index (Phi) is 5.49. The van der Waals surface area contributed by atoms with Crippen molar-refractivity contribution >= 4 is 0 Å². The summed E-state index contributed by atoms with van der Waals surface area (Å²) in [7, 11) is 0. The molecular formula is C15H23NO2. The van der Waals surface area contributed by atoms with Crippen molar-refractivity contribution in [2.75, 3.05) is 26.3 Å². The molecule has 1 heterocycles. The van der Waals surface area contributed by atoms with Crippen molar-refractivity contribution in [3.8, 4) is 5.75 Å². The predicted octanol–water partition coefficient (Wildman–Crippen LogP) is 1.99. The highest BCUT2D eigenvalue weighted by Gasteiger charge is 2.12. The van der Waals surface area contributed by atoms with E-state index in [1.54, 1.807) is 0 Å². The molecule has 0 saturated carbocycles. The third kappa shape index (κ3) is 4.00. The molecule has 3 nitrogen and oxygen atoms in total. The molecule has 2 rings (SSSR count). The van der Waals surface area contributed by atoms with E-state index in [1.807, 2.05) is 24.3 Å². The van der Waals surface area contributed by atoms with Crippen LogP contribution in [-0.2, 0) is 6.42 Å². The molecule has 0 spiro atoms. The molecule has 100 valence electrons. The van der Waals surface area contributed by atoms with Gasteiger partial charge in [-0.15, -0.1) is 0 Å². The third-order valence-corrected chi connectivity index (χ3v) is 3.54. The van der Waals surface area contributed by atoms with Crippen molar-refractivity contribution in [1.82, 2.24) is 5.32 Å². The van der Waals surface area contributed by atoms with Crippen LogP contribution in [0.2, 0.25) is 0 Å². The van der Waals surface area contributed by atoms with Crippen molar-refractivity contribution in [2.24, 2.45) is 5.92 Å². The van der Waals surface area contributed by atoms with Gasteiger partial charge in [-0.3, -0.25) is 0 Å². The van der Waals surface area contributed by atoms with Gasteiger partial charge in [0.25, 0.3) is 0 Å². The van der Waals surface area contributed by atoms with E-state index >= 15 is 0 Å². The monoisotopic (exact) mass is 249 g/mol. The van der Waals surface area contributed by atoms with Crippen LogP contribution in [0.3, 0.4) is 0 Å². The molecule has 1 aromatic rings. The number of nitrogens with one attached hydrogen (secondary N) is 1. The summed E-state index contributed by atoms with van der Waals surface area (Å²) in [6.45, 7) is 3.24. The number of para-hydroxylation sites is 1. The summed E-state index contributed by atoms with van der Waals surface area (Å²) < 4.78 is 5.85. The van der Waals surface area contributed by atoms with Crippen LogP contribution in [0.15, 0.2) is 24.3 Å². The summed E-state index contributed by atoms with van der Waals surface area (Å²) in [6.07, 6.45) is 4.38. The van der Waals surface area contributed by atoms with Gasteiger partial charge in [-0.2, -0.15) is 0 Å². The first-order valence-electron chi connectivity index (χ1n) is 6.92. The van der Waals surface area contributed by atoms with E-state index in [1.165, 1.54) is 12.8 Å². The number of piperidine rings is 1. The maximum absolute atomic E-state index is 9.01. The largest absolute Gasteiger partial charge is 0.493 e. The quantitative estimate of drug-likeness (QED) is 0.810. The Bertz CT molecular complexity index is 348. The lowest BCUT2D eigenvalue weighted by molar-refractivity contribution is 0.249. The Balaban J connectivity index is 1.78. The first-order valence-corrected chi connectivity index (χ1v) is 6.92. The number of rotatable bonds is 6. The first-order chi connectivity index (χ1) is 8.90. The Morgan fingerprint density at radius 2 is 2.22 bits per heavy atom. The van der Waals surface area contributed by atoms with E-state index in [-0.39, 0.29) is 6.61 Å². The second-order valence-electron chi connectivity index (χ2n) is 4.93. The van der Waals surface area contributed by atoms with Gasteiger partial charge in [0.1, 0.15) is 5.75 Å². The second kappa shape index (κ2) is 7.39. The Morgan fingerprint density at radius 3 is 3.00 bits per heavy atom. The summed E-state index contributed by atoms with van der Waals surface area (Å²) in [4.78, 5) is 0. The summed E-state index contributed by atoms with van der Waals surface area (Å²) in [5, 5.41) is 12.4. The van der Waals surface area contributed by atoms with Crippen LogP contribution in [0.5, 0.6) is 5.75 Å². The smallest absolute Gasteiger partial charge is 0.122 e. The van der Waals surface area contributed by atoms with Crippen LogP contribution in [-0.4, -0.2) is 31.4 Å². The Hall–Kier alpha value is -1.06. The fraction of sp³-hybridized carbons (Fsp3) is 0.600. The van der Waals surface area contributed by atoms with E-state index in [4.69, 9.17) is 9.84 Å². The topological polar surface area (TPSA) is 41.5 Å². The average Bonchev–Trinajstić information content (AvgIpc) is 2.42. The van der Waals surface area contributed by atoms with Crippen molar-refractivity contribution in [3.05, 3.63) is 29.8 Å². The van der Waals surface area contributed by atoms with E-state index in [0.29, 0.717) is 6.42 Å². The zero-order valence-electron chi connectivity index (χ0n) is 10.9. The normalized spacial score (nSPS) is 19.7. The predicted molar refractivity (Wildman–Crippen MR) is 72.9 cm³/mol. The van der Waals surface area contributed by atoms with Gasteiger partial charge >= 0.3 is 0 Å². The van der Waals surface area contributed by atoms with Gasteiger partial charge in [0.05, 0.1) is 6.61 Å². The van der Waals surface area contributed by atoms with Gasteiger partial charge in [0.15, 0.2) is 0 Å². The molecule has 1 aliphatic heterocycles. The van der Waals surface area contributed by atoms with Gasteiger partial charge in [-0.1, -0.05) is 18.2 Å². The number of benzene rings is 1. The molecule has 1 atom stereocenters. The van der Waals surface area contributed by atoms with Crippen LogP contribution >= 0.6 is 0 Å². The van der Waals surface area contributed by atoms with Crippen molar-refractivity contribution in [2.45, 2.75) is 25.7 Å². The maximum Gasteiger partial charge on any atom is 0.122 e. The molecule has 2 N–H and O–H groups in total. The fourth-order valence-electron chi connectivity index (χ4n) is 2.48. The number of hydrogen-bond acceptors (Lipinski definition) is 3. The van der Waals surface area contributed by atoms with Crippen molar-refractivity contribution < 1.29 is 9.84 Å². The number of aliphatic hydroxyl groups is 1. The fourth-order valence-corrected chi connectivity index (χ4v) is 2.48. The maximum atomic E-state index is 9.01. The van der Waals surface area contributed by atoms with Crippen molar-refractivity contribution in [1.29, 1.82) is 0 Å². The van der Waals surface area contributed by atoms with E-state index in [9.17, 15) is 0 Å². The average molecular weight is 249 g/mol. The lowest BCUT2D eigenvalue weighted by atomic mass is 9.97. The highest BCUT2D eigenvalue weighted by atomic mass is 16.5. The van der Waals surface area contributed by atoms with Crippen molar-refractivity contribution in [3.63, 3.8) is 0 Å². The SMILES string of the molecule is OCCc1ccccc1OCCC1CCCNC1. The summed E-state index contributed by atoms with van der Waals surface area (Å²) in [6, 6.07) is 7.99. The summed E-state index contributed by atoms with van der Waals surface area (Å²) in [5.74, 6) is 1.68. The molecule has 1 aromatic carbocycles. The molecule has 0 radical (unpaired) electrons. The van der Waals surface area contributed by atoms with Gasteiger partial charge in [-0.25, -0.2) is 0 Å². The molecule has 0 amide bonds. The van der Waals surface area contributed by atoms with Gasteiger partial charge in [0.2, 0.25) is 0 Å². The highest BCUT2D eigenvalue weighted by Crippen LogP contribution is 2.20. The van der Waals surface area contributed by atoms with Gasteiger partial charge < -0.3 is 15.2 Å². The van der Waals surface area contributed by atoms with Crippen LogP contribution in [0, 0.1) is 5.92 Å².